The highest BCUT2D eigenvalue weighted by atomic mass is 79.9. The molecule has 2 aromatic carbocycles. The second-order valence-electron chi connectivity index (χ2n) is 4.67. The summed E-state index contributed by atoms with van der Waals surface area (Å²) in [6, 6.07) is 15.4. The van der Waals surface area contributed by atoms with E-state index in [1.54, 1.807) is 12.5 Å². The van der Waals surface area contributed by atoms with E-state index in [4.69, 9.17) is 17.3 Å². The first-order valence-corrected chi connectivity index (χ1v) is 7.62. The Hall–Kier alpha value is -1.62. The van der Waals surface area contributed by atoms with Gasteiger partial charge in [0, 0.05) is 9.50 Å². The van der Waals surface area contributed by atoms with E-state index in [2.05, 4.69) is 20.9 Å². The summed E-state index contributed by atoms with van der Waals surface area (Å²) >= 11 is 9.53. The number of nitrogens with zero attached hydrogens (tertiary/aromatic N) is 2. The standard InChI is InChI=1S/C16H13BrClN3/c17-13-8-12(18)6-7-14(13)21-10-20-9-15(21)16(19)11-4-2-1-3-5-11/h1-10,16H,19H2. The maximum atomic E-state index is 6.38. The van der Waals surface area contributed by atoms with Gasteiger partial charge >= 0.3 is 0 Å². The van der Waals surface area contributed by atoms with Gasteiger partial charge in [-0.1, -0.05) is 41.9 Å². The van der Waals surface area contributed by atoms with Gasteiger partial charge in [0.2, 0.25) is 0 Å². The Balaban J connectivity index is 2.05. The van der Waals surface area contributed by atoms with Gasteiger partial charge in [-0.15, -0.1) is 0 Å². The minimum Gasteiger partial charge on any atom is -0.319 e. The van der Waals surface area contributed by atoms with Crippen molar-refractivity contribution in [2.24, 2.45) is 5.73 Å². The zero-order chi connectivity index (χ0) is 14.8. The van der Waals surface area contributed by atoms with Gasteiger partial charge in [0.05, 0.1) is 29.9 Å². The Morgan fingerprint density at radius 2 is 1.90 bits per heavy atom. The summed E-state index contributed by atoms with van der Waals surface area (Å²) < 4.78 is 2.87. The number of hydrogen-bond acceptors (Lipinski definition) is 2. The quantitative estimate of drug-likeness (QED) is 0.753. The zero-order valence-corrected chi connectivity index (χ0v) is 13.4. The molecule has 1 unspecified atom stereocenters. The molecule has 2 N–H and O–H groups in total. The van der Waals surface area contributed by atoms with Crippen molar-refractivity contribution < 1.29 is 0 Å². The number of hydrogen-bond donors (Lipinski definition) is 1. The molecule has 0 saturated carbocycles. The largest absolute Gasteiger partial charge is 0.319 e. The van der Waals surface area contributed by atoms with Crippen LogP contribution in [0.2, 0.25) is 5.02 Å². The fraction of sp³-hybridized carbons (Fsp3) is 0.0625. The predicted molar refractivity (Wildman–Crippen MR) is 88.7 cm³/mol. The third-order valence-electron chi connectivity index (χ3n) is 3.31. The van der Waals surface area contributed by atoms with Crippen LogP contribution in [-0.2, 0) is 0 Å². The fourth-order valence-corrected chi connectivity index (χ4v) is 3.12. The summed E-state index contributed by atoms with van der Waals surface area (Å²) in [5.41, 5.74) is 9.30. The minimum atomic E-state index is -0.240. The summed E-state index contributed by atoms with van der Waals surface area (Å²) in [6.45, 7) is 0. The molecule has 1 heterocycles. The first kappa shape index (κ1) is 14.3. The van der Waals surface area contributed by atoms with Gasteiger partial charge in [-0.05, 0) is 39.7 Å². The summed E-state index contributed by atoms with van der Waals surface area (Å²) in [5, 5.41) is 0.680. The fourth-order valence-electron chi connectivity index (χ4n) is 2.24. The zero-order valence-electron chi connectivity index (χ0n) is 11.1. The first-order valence-electron chi connectivity index (χ1n) is 6.45. The monoisotopic (exact) mass is 361 g/mol. The van der Waals surface area contributed by atoms with Crippen LogP contribution in [-0.4, -0.2) is 9.55 Å². The molecule has 0 amide bonds. The third-order valence-corrected chi connectivity index (χ3v) is 4.18. The molecule has 3 rings (SSSR count). The molecule has 0 aliphatic rings. The Kier molecular flexibility index (Phi) is 4.10. The van der Waals surface area contributed by atoms with Gasteiger partial charge in [-0.25, -0.2) is 4.98 Å². The average Bonchev–Trinajstić information content (AvgIpc) is 2.96. The Morgan fingerprint density at radius 3 is 2.62 bits per heavy atom. The van der Waals surface area contributed by atoms with Crippen molar-refractivity contribution in [1.82, 2.24) is 9.55 Å². The van der Waals surface area contributed by atoms with Crippen LogP contribution in [0.25, 0.3) is 5.69 Å². The van der Waals surface area contributed by atoms with Crippen LogP contribution in [0.1, 0.15) is 17.3 Å². The van der Waals surface area contributed by atoms with Crippen molar-refractivity contribution in [3.05, 3.63) is 81.8 Å². The van der Waals surface area contributed by atoms with E-state index in [1.165, 1.54) is 0 Å². The molecule has 0 spiro atoms. The number of halogens is 2. The molecule has 1 aromatic heterocycles. The summed E-state index contributed by atoms with van der Waals surface area (Å²) in [6.07, 6.45) is 3.55. The number of aromatic nitrogens is 2. The lowest BCUT2D eigenvalue weighted by Crippen LogP contribution is -2.15. The molecule has 0 saturated heterocycles. The maximum Gasteiger partial charge on any atom is 0.0995 e. The van der Waals surface area contributed by atoms with E-state index in [1.807, 2.05) is 53.1 Å². The topological polar surface area (TPSA) is 43.8 Å². The van der Waals surface area contributed by atoms with E-state index < -0.39 is 0 Å². The highest BCUT2D eigenvalue weighted by Gasteiger charge is 2.15. The Bertz CT molecular complexity index is 755. The molecule has 0 aliphatic heterocycles. The van der Waals surface area contributed by atoms with Crippen molar-refractivity contribution in [2.75, 3.05) is 0 Å². The first-order chi connectivity index (χ1) is 10.2. The van der Waals surface area contributed by atoms with Gasteiger partial charge in [-0.2, -0.15) is 0 Å². The van der Waals surface area contributed by atoms with Crippen LogP contribution in [0.4, 0.5) is 0 Å². The average molecular weight is 363 g/mol. The molecule has 3 aromatic rings. The van der Waals surface area contributed by atoms with E-state index in [0.717, 1.165) is 21.4 Å². The maximum absolute atomic E-state index is 6.38. The molecule has 0 bridgehead atoms. The molecule has 106 valence electrons. The molecular formula is C16H13BrClN3. The SMILES string of the molecule is NC(c1ccccc1)c1cncn1-c1ccc(Cl)cc1Br. The summed E-state index contributed by atoms with van der Waals surface area (Å²) in [5.74, 6) is 0. The van der Waals surface area contributed by atoms with Crippen LogP contribution in [0.15, 0.2) is 65.5 Å². The summed E-state index contributed by atoms with van der Waals surface area (Å²) in [7, 11) is 0. The smallest absolute Gasteiger partial charge is 0.0995 e. The van der Waals surface area contributed by atoms with E-state index in [9.17, 15) is 0 Å². The molecule has 0 aliphatic carbocycles. The minimum absolute atomic E-state index is 0.240. The Morgan fingerprint density at radius 1 is 1.14 bits per heavy atom. The normalized spacial score (nSPS) is 12.3. The second-order valence-corrected chi connectivity index (χ2v) is 5.96. The van der Waals surface area contributed by atoms with Gasteiger partial charge in [-0.3, -0.25) is 0 Å². The molecule has 0 radical (unpaired) electrons. The third kappa shape index (κ3) is 2.88. The second kappa shape index (κ2) is 6.02. The van der Waals surface area contributed by atoms with Gasteiger partial charge in [0.1, 0.15) is 0 Å². The molecule has 1 atom stereocenters. The van der Waals surface area contributed by atoms with Crippen LogP contribution >= 0.6 is 27.5 Å². The Labute approximate surface area is 136 Å². The van der Waals surface area contributed by atoms with Crippen LogP contribution < -0.4 is 5.73 Å². The van der Waals surface area contributed by atoms with Crippen molar-refractivity contribution in [1.29, 1.82) is 0 Å². The lowest BCUT2D eigenvalue weighted by atomic mass is 10.1. The van der Waals surface area contributed by atoms with E-state index in [-0.39, 0.29) is 6.04 Å². The van der Waals surface area contributed by atoms with Gasteiger partial charge in [0.15, 0.2) is 0 Å². The van der Waals surface area contributed by atoms with E-state index in [0.29, 0.717) is 5.02 Å². The molecule has 21 heavy (non-hydrogen) atoms. The lowest BCUT2D eigenvalue weighted by molar-refractivity contribution is 0.792. The van der Waals surface area contributed by atoms with Crippen molar-refractivity contribution >= 4 is 27.5 Å². The summed E-state index contributed by atoms with van der Waals surface area (Å²) in [4.78, 5) is 4.24. The number of rotatable bonds is 3. The number of imidazole rings is 1. The van der Waals surface area contributed by atoms with Crippen LogP contribution in [0.3, 0.4) is 0 Å². The van der Waals surface area contributed by atoms with Gasteiger partial charge < -0.3 is 10.3 Å². The molecule has 0 fully saturated rings. The predicted octanol–water partition coefficient (Wildman–Crippen LogP) is 4.34. The van der Waals surface area contributed by atoms with Crippen molar-refractivity contribution in [3.63, 3.8) is 0 Å². The molecule has 5 heteroatoms. The van der Waals surface area contributed by atoms with Crippen LogP contribution in [0.5, 0.6) is 0 Å². The molecule has 3 nitrogen and oxygen atoms in total. The number of benzene rings is 2. The van der Waals surface area contributed by atoms with Crippen molar-refractivity contribution in [2.45, 2.75) is 6.04 Å². The highest BCUT2D eigenvalue weighted by molar-refractivity contribution is 9.10. The molecular weight excluding hydrogens is 350 g/mol. The van der Waals surface area contributed by atoms with Gasteiger partial charge in [0.25, 0.3) is 0 Å². The van der Waals surface area contributed by atoms with Crippen LogP contribution in [0, 0.1) is 0 Å². The highest BCUT2D eigenvalue weighted by Crippen LogP contribution is 2.28. The van der Waals surface area contributed by atoms with Crippen molar-refractivity contribution in [3.8, 4) is 5.69 Å². The van der Waals surface area contributed by atoms with E-state index >= 15 is 0 Å². The lowest BCUT2D eigenvalue weighted by Gasteiger charge is -2.16. The number of nitrogens with two attached hydrogens (primary N) is 1.